The molecule has 0 aliphatic carbocycles. The number of methoxy groups -OCH3 is 2. The number of rotatable bonds is 6. The summed E-state index contributed by atoms with van der Waals surface area (Å²) >= 11 is 0. The van der Waals surface area contributed by atoms with E-state index in [1.54, 1.807) is 25.8 Å². The number of nitrogens with one attached hydrogen (secondary N) is 1. The highest BCUT2D eigenvalue weighted by atomic mass is 16.5. The van der Waals surface area contributed by atoms with Crippen molar-refractivity contribution in [3.05, 3.63) is 41.9 Å². The van der Waals surface area contributed by atoms with Crippen molar-refractivity contribution < 1.29 is 19.0 Å². The van der Waals surface area contributed by atoms with Crippen molar-refractivity contribution in [2.75, 3.05) is 26.1 Å². The van der Waals surface area contributed by atoms with Gasteiger partial charge >= 0.3 is 5.97 Å². The second kappa shape index (κ2) is 8.11. The Morgan fingerprint density at radius 2 is 2.11 bits per heavy atom. The number of nitrogens with zero attached hydrogens (tertiary/aromatic N) is 3. The van der Waals surface area contributed by atoms with Crippen LogP contribution in [0.1, 0.15) is 31.9 Å². The Kier molecular flexibility index (Phi) is 5.63. The zero-order valence-electron chi connectivity index (χ0n) is 15.9. The summed E-state index contributed by atoms with van der Waals surface area (Å²) in [7, 11) is 3.19. The van der Waals surface area contributed by atoms with Crippen LogP contribution >= 0.6 is 0 Å². The maximum absolute atomic E-state index is 12.9. The summed E-state index contributed by atoms with van der Waals surface area (Å²) in [6, 6.07) is 5.01. The van der Waals surface area contributed by atoms with Gasteiger partial charge < -0.3 is 19.5 Å². The van der Waals surface area contributed by atoms with Crippen LogP contribution in [0.4, 0.5) is 5.95 Å². The molecule has 0 unspecified atom stereocenters. The largest absolute Gasteiger partial charge is 0.497 e. The van der Waals surface area contributed by atoms with Gasteiger partial charge in [-0.25, -0.2) is 4.68 Å². The van der Waals surface area contributed by atoms with Crippen LogP contribution < -0.4 is 14.8 Å². The van der Waals surface area contributed by atoms with Crippen molar-refractivity contribution in [3.63, 3.8) is 0 Å². The van der Waals surface area contributed by atoms with E-state index in [-0.39, 0.29) is 5.97 Å². The third-order valence-electron chi connectivity index (χ3n) is 4.46. The highest BCUT2D eigenvalue weighted by molar-refractivity contribution is 5.79. The summed E-state index contributed by atoms with van der Waals surface area (Å²) in [5.74, 6) is 0.912. The molecular weight excluding hydrogens is 348 g/mol. The summed E-state index contributed by atoms with van der Waals surface area (Å²) in [6.07, 6.45) is 4.19. The van der Waals surface area contributed by atoms with Gasteiger partial charge in [0.1, 0.15) is 29.8 Å². The number of ether oxygens (including phenoxy) is 3. The van der Waals surface area contributed by atoms with E-state index in [9.17, 15) is 4.79 Å². The standard InChI is InChI=1S/C19H24N4O4/c1-5-7-14-16(18(24)27-6-2)17(23-19(22-14)20-11-21-23)13-10-12(25-3)8-9-15(13)26-4/h7-11,16-17H,5-6H2,1-4H3,(H,20,21,22)/b14-7-/t16-,17+/m1/s1. The summed E-state index contributed by atoms with van der Waals surface area (Å²) in [5.41, 5.74) is 1.51. The van der Waals surface area contributed by atoms with E-state index in [2.05, 4.69) is 15.4 Å². The van der Waals surface area contributed by atoms with Gasteiger partial charge in [-0.1, -0.05) is 13.0 Å². The first-order chi connectivity index (χ1) is 13.1. The summed E-state index contributed by atoms with van der Waals surface area (Å²) in [6.45, 7) is 4.09. The Hall–Kier alpha value is -3.03. The minimum absolute atomic E-state index is 0.293. The molecule has 3 rings (SSSR count). The Morgan fingerprint density at radius 1 is 1.30 bits per heavy atom. The van der Waals surface area contributed by atoms with E-state index < -0.39 is 12.0 Å². The van der Waals surface area contributed by atoms with Crippen LogP contribution in [0.5, 0.6) is 11.5 Å². The Labute approximate surface area is 158 Å². The van der Waals surface area contributed by atoms with Crippen LogP contribution in [0.2, 0.25) is 0 Å². The first-order valence-corrected chi connectivity index (χ1v) is 8.89. The van der Waals surface area contributed by atoms with E-state index in [0.29, 0.717) is 24.1 Å². The maximum atomic E-state index is 12.9. The van der Waals surface area contributed by atoms with Crippen molar-refractivity contribution in [1.82, 2.24) is 14.8 Å². The average molecular weight is 372 g/mol. The van der Waals surface area contributed by atoms with Crippen LogP contribution in [0.3, 0.4) is 0 Å². The molecule has 2 atom stereocenters. The first-order valence-electron chi connectivity index (χ1n) is 8.89. The predicted octanol–water partition coefficient (Wildman–Crippen LogP) is 2.78. The van der Waals surface area contributed by atoms with Gasteiger partial charge in [-0.15, -0.1) is 0 Å². The number of carbonyl (C=O) groups excluding carboxylic acids is 1. The van der Waals surface area contributed by atoms with Crippen molar-refractivity contribution in [2.24, 2.45) is 5.92 Å². The number of hydrogen-bond donors (Lipinski definition) is 1. The predicted molar refractivity (Wildman–Crippen MR) is 99.8 cm³/mol. The molecule has 8 heteroatoms. The lowest BCUT2D eigenvalue weighted by molar-refractivity contribution is -0.147. The SMILES string of the molecule is CC/C=C1\Nc2ncnn2[C@@H](c2cc(OC)ccc2OC)[C@@H]1C(=O)OCC. The summed E-state index contributed by atoms with van der Waals surface area (Å²) in [4.78, 5) is 17.2. The number of hydrogen-bond acceptors (Lipinski definition) is 7. The molecule has 0 saturated carbocycles. The molecule has 27 heavy (non-hydrogen) atoms. The van der Waals surface area contributed by atoms with Crippen molar-refractivity contribution in [1.29, 1.82) is 0 Å². The van der Waals surface area contributed by atoms with Gasteiger partial charge in [-0.3, -0.25) is 4.79 Å². The smallest absolute Gasteiger partial charge is 0.317 e. The van der Waals surface area contributed by atoms with E-state index in [4.69, 9.17) is 14.2 Å². The average Bonchev–Trinajstić information content (AvgIpc) is 3.15. The zero-order chi connectivity index (χ0) is 19.4. The van der Waals surface area contributed by atoms with Gasteiger partial charge in [0, 0.05) is 11.3 Å². The molecular formula is C19H24N4O4. The molecule has 8 nitrogen and oxygen atoms in total. The van der Waals surface area contributed by atoms with Gasteiger partial charge in [0.15, 0.2) is 0 Å². The third kappa shape index (κ3) is 3.47. The van der Waals surface area contributed by atoms with Gasteiger partial charge in [-0.05, 0) is 31.5 Å². The molecule has 1 N–H and O–H groups in total. The number of aromatic nitrogens is 3. The van der Waals surface area contributed by atoms with Crippen LogP contribution in [0, 0.1) is 5.92 Å². The third-order valence-corrected chi connectivity index (χ3v) is 4.46. The summed E-state index contributed by atoms with van der Waals surface area (Å²) < 4.78 is 18.0. The van der Waals surface area contributed by atoms with Gasteiger partial charge in [0.25, 0.3) is 0 Å². The van der Waals surface area contributed by atoms with Crippen molar-refractivity contribution in [3.8, 4) is 11.5 Å². The minimum atomic E-state index is -0.611. The molecule has 0 saturated heterocycles. The topological polar surface area (TPSA) is 87.5 Å². The zero-order valence-corrected chi connectivity index (χ0v) is 15.9. The van der Waals surface area contributed by atoms with Gasteiger partial charge in [0.05, 0.1) is 20.8 Å². The molecule has 0 fully saturated rings. The first kappa shape index (κ1) is 18.8. The molecule has 2 aromatic rings. The number of esters is 1. The quantitative estimate of drug-likeness (QED) is 0.780. The molecule has 1 aromatic carbocycles. The number of benzene rings is 1. The van der Waals surface area contributed by atoms with Crippen LogP contribution in [0.15, 0.2) is 36.3 Å². The lowest BCUT2D eigenvalue weighted by Gasteiger charge is -2.34. The molecule has 0 amide bonds. The van der Waals surface area contributed by atoms with E-state index in [0.717, 1.165) is 17.7 Å². The monoisotopic (exact) mass is 372 g/mol. The Balaban J connectivity index is 2.22. The molecule has 1 aliphatic rings. The molecule has 0 spiro atoms. The fourth-order valence-electron chi connectivity index (χ4n) is 3.33. The molecule has 1 aliphatic heterocycles. The van der Waals surface area contributed by atoms with Crippen LogP contribution in [-0.4, -0.2) is 41.6 Å². The van der Waals surface area contributed by atoms with Crippen LogP contribution in [0.25, 0.3) is 0 Å². The van der Waals surface area contributed by atoms with Crippen molar-refractivity contribution in [2.45, 2.75) is 26.3 Å². The van der Waals surface area contributed by atoms with Gasteiger partial charge in [-0.2, -0.15) is 10.1 Å². The lowest BCUT2D eigenvalue weighted by Crippen LogP contribution is -2.38. The highest BCUT2D eigenvalue weighted by Crippen LogP contribution is 2.43. The molecule has 144 valence electrons. The lowest BCUT2D eigenvalue weighted by atomic mass is 9.87. The number of fused-ring (bicyclic) bond motifs is 1. The van der Waals surface area contributed by atoms with Gasteiger partial charge in [0.2, 0.25) is 5.95 Å². The van der Waals surface area contributed by atoms with E-state index in [1.165, 1.54) is 6.33 Å². The van der Waals surface area contributed by atoms with Crippen molar-refractivity contribution >= 4 is 11.9 Å². The molecule has 1 aromatic heterocycles. The maximum Gasteiger partial charge on any atom is 0.317 e. The Bertz CT molecular complexity index is 846. The highest BCUT2D eigenvalue weighted by Gasteiger charge is 2.42. The van der Waals surface area contributed by atoms with E-state index >= 15 is 0 Å². The number of carbonyl (C=O) groups is 1. The van der Waals surface area contributed by atoms with E-state index in [1.807, 2.05) is 31.2 Å². The molecule has 0 radical (unpaired) electrons. The fourth-order valence-corrected chi connectivity index (χ4v) is 3.33. The number of allylic oxidation sites excluding steroid dienone is 1. The molecule has 2 heterocycles. The second-order valence-corrected chi connectivity index (χ2v) is 6.00. The number of anilines is 1. The molecule has 0 bridgehead atoms. The fraction of sp³-hybridized carbons (Fsp3) is 0.421. The normalized spacial score (nSPS) is 19.9. The Morgan fingerprint density at radius 3 is 2.78 bits per heavy atom. The second-order valence-electron chi connectivity index (χ2n) is 6.00. The summed E-state index contributed by atoms with van der Waals surface area (Å²) in [5, 5.41) is 7.56. The van der Waals surface area contributed by atoms with Crippen LogP contribution in [-0.2, 0) is 9.53 Å². The minimum Gasteiger partial charge on any atom is -0.497 e.